The van der Waals surface area contributed by atoms with Crippen LogP contribution in [-0.4, -0.2) is 38.8 Å². The number of fused-ring (bicyclic) bond motifs is 1. The van der Waals surface area contributed by atoms with E-state index in [2.05, 4.69) is 5.32 Å². The van der Waals surface area contributed by atoms with Gasteiger partial charge in [-0.15, -0.1) is 0 Å². The maximum Gasteiger partial charge on any atom is 0.275 e. The maximum atomic E-state index is 12.1. The van der Waals surface area contributed by atoms with E-state index in [0.717, 1.165) is 43.0 Å². The van der Waals surface area contributed by atoms with Crippen molar-refractivity contribution in [3.8, 4) is 0 Å². The number of nitrogens with one attached hydrogen (secondary N) is 2. The molecule has 1 aliphatic rings. The van der Waals surface area contributed by atoms with Gasteiger partial charge in [0.05, 0.1) is 19.3 Å². The molecule has 2 aromatic rings. The molecule has 5 nitrogen and oxygen atoms in total. The second kappa shape index (κ2) is 6.28. The van der Waals surface area contributed by atoms with E-state index in [1.807, 2.05) is 37.3 Å². The van der Waals surface area contributed by atoms with Crippen LogP contribution >= 0.6 is 0 Å². The number of hydrogen-bond acceptors (Lipinski definition) is 3. The fourth-order valence-electron chi connectivity index (χ4n) is 2.64. The van der Waals surface area contributed by atoms with Gasteiger partial charge in [0.1, 0.15) is 24.4 Å². The zero-order chi connectivity index (χ0) is 14.7. The summed E-state index contributed by atoms with van der Waals surface area (Å²) >= 11 is 0. The van der Waals surface area contributed by atoms with E-state index in [4.69, 9.17) is 9.15 Å². The highest BCUT2D eigenvalue weighted by molar-refractivity contribution is 5.79. The Balaban J connectivity index is 1.59. The highest BCUT2D eigenvalue weighted by atomic mass is 16.5. The number of rotatable bonds is 4. The maximum absolute atomic E-state index is 12.1. The van der Waals surface area contributed by atoms with Gasteiger partial charge in [-0.05, 0) is 19.1 Å². The van der Waals surface area contributed by atoms with Crippen molar-refractivity contribution < 1.29 is 18.8 Å². The molecule has 3 rings (SSSR count). The van der Waals surface area contributed by atoms with Crippen LogP contribution in [0.4, 0.5) is 0 Å². The van der Waals surface area contributed by atoms with Crippen molar-refractivity contribution in [2.45, 2.75) is 13.0 Å². The molecule has 2 N–H and O–H groups in total. The number of benzene rings is 1. The van der Waals surface area contributed by atoms with Gasteiger partial charge in [-0.1, -0.05) is 18.2 Å². The Morgan fingerprint density at radius 2 is 2.10 bits per heavy atom. The summed E-state index contributed by atoms with van der Waals surface area (Å²) in [5.41, 5.74) is 0.854. The molecular weight excluding hydrogens is 268 g/mol. The lowest BCUT2D eigenvalue weighted by Gasteiger charge is -2.23. The first kappa shape index (κ1) is 14.1. The average molecular weight is 289 g/mol. The van der Waals surface area contributed by atoms with E-state index in [-0.39, 0.29) is 11.9 Å². The number of para-hydroxylation sites is 1. The molecule has 2 heterocycles. The number of amides is 1. The summed E-state index contributed by atoms with van der Waals surface area (Å²) in [7, 11) is 0. The van der Waals surface area contributed by atoms with Gasteiger partial charge in [0.25, 0.3) is 5.91 Å². The number of quaternary nitrogens is 1. The molecule has 21 heavy (non-hydrogen) atoms. The first-order valence-corrected chi connectivity index (χ1v) is 7.41. The third kappa shape index (κ3) is 3.43. The molecule has 5 heteroatoms. The molecule has 1 aliphatic heterocycles. The minimum Gasteiger partial charge on any atom is -0.459 e. The van der Waals surface area contributed by atoms with Crippen LogP contribution in [-0.2, 0) is 9.53 Å². The number of carbonyl (C=O) groups is 1. The largest absolute Gasteiger partial charge is 0.459 e. The number of morpholine rings is 1. The van der Waals surface area contributed by atoms with Crippen molar-refractivity contribution in [3.05, 3.63) is 36.1 Å². The van der Waals surface area contributed by atoms with Gasteiger partial charge in [0.15, 0.2) is 6.54 Å². The lowest BCUT2D eigenvalue weighted by Crippen LogP contribution is -3.15. The summed E-state index contributed by atoms with van der Waals surface area (Å²) in [5, 5.41) is 4.07. The topological polar surface area (TPSA) is 55.9 Å². The van der Waals surface area contributed by atoms with Crippen LogP contribution in [0.5, 0.6) is 0 Å². The van der Waals surface area contributed by atoms with Gasteiger partial charge >= 0.3 is 0 Å². The van der Waals surface area contributed by atoms with Crippen LogP contribution in [0, 0.1) is 0 Å². The van der Waals surface area contributed by atoms with Crippen LogP contribution in [0.3, 0.4) is 0 Å². The normalized spacial score (nSPS) is 17.8. The molecule has 1 saturated heterocycles. The summed E-state index contributed by atoms with van der Waals surface area (Å²) in [6.45, 7) is 5.71. The van der Waals surface area contributed by atoms with E-state index >= 15 is 0 Å². The molecule has 1 aromatic heterocycles. The standard InChI is InChI=1S/C16H20N2O3/c1-12(15-10-13-4-2-3-5-14(13)21-15)17-16(19)11-18-6-8-20-9-7-18/h2-5,10,12H,6-9,11H2,1H3,(H,17,19)/p+1/t12-/m0/s1. The minimum atomic E-state index is -0.120. The van der Waals surface area contributed by atoms with Crippen molar-refractivity contribution in [2.75, 3.05) is 32.8 Å². The van der Waals surface area contributed by atoms with E-state index in [1.54, 1.807) is 0 Å². The third-order valence-electron chi connectivity index (χ3n) is 3.86. The van der Waals surface area contributed by atoms with E-state index in [0.29, 0.717) is 6.54 Å². The van der Waals surface area contributed by atoms with Crippen molar-refractivity contribution in [2.24, 2.45) is 0 Å². The molecule has 0 unspecified atom stereocenters. The number of hydrogen-bond donors (Lipinski definition) is 2. The zero-order valence-corrected chi connectivity index (χ0v) is 12.2. The predicted molar refractivity (Wildman–Crippen MR) is 79.2 cm³/mol. The van der Waals surface area contributed by atoms with E-state index in [1.165, 1.54) is 4.90 Å². The molecular formula is C16H21N2O3+. The Bertz CT molecular complexity index is 584. The third-order valence-corrected chi connectivity index (χ3v) is 3.86. The molecule has 0 spiro atoms. The summed E-state index contributed by atoms with van der Waals surface area (Å²) in [6, 6.07) is 9.74. The summed E-state index contributed by atoms with van der Waals surface area (Å²) < 4.78 is 11.1. The number of carbonyl (C=O) groups excluding carboxylic acids is 1. The Labute approximate surface area is 123 Å². The molecule has 1 amide bonds. The van der Waals surface area contributed by atoms with Gasteiger partial charge in [0, 0.05) is 5.39 Å². The first-order chi connectivity index (χ1) is 10.2. The van der Waals surface area contributed by atoms with Gasteiger partial charge in [-0.25, -0.2) is 0 Å². The fraction of sp³-hybridized carbons (Fsp3) is 0.438. The van der Waals surface area contributed by atoms with Crippen LogP contribution in [0.15, 0.2) is 34.7 Å². The molecule has 112 valence electrons. The second-order valence-electron chi connectivity index (χ2n) is 5.51. The molecule has 0 aliphatic carbocycles. The molecule has 0 bridgehead atoms. The first-order valence-electron chi connectivity index (χ1n) is 7.41. The van der Waals surface area contributed by atoms with Crippen LogP contribution in [0.1, 0.15) is 18.7 Å². The second-order valence-corrected chi connectivity index (χ2v) is 5.51. The van der Waals surface area contributed by atoms with Crippen molar-refractivity contribution >= 4 is 16.9 Å². The summed E-state index contributed by atoms with van der Waals surface area (Å²) in [5.74, 6) is 0.849. The Morgan fingerprint density at radius 3 is 2.86 bits per heavy atom. The molecule has 1 fully saturated rings. The van der Waals surface area contributed by atoms with Crippen LogP contribution < -0.4 is 10.2 Å². The van der Waals surface area contributed by atoms with Crippen LogP contribution in [0.25, 0.3) is 11.0 Å². The van der Waals surface area contributed by atoms with Gasteiger partial charge in [-0.2, -0.15) is 0 Å². The average Bonchev–Trinajstić information content (AvgIpc) is 2.92. The van der Waals surface area contributed by atoms with Gasteiger partial charge in [0.2, 0.25) is 0 Å². The van der Waals surface area contributed by atoms with Gasteiger partial charge in [-0.3, -0.25) is 4.79 Å². The predicted octanol–water partition coefficient (Wildman–Crippen LogP) is 0.525. The smallest absolute Gasteiger partial charge is 0.275 e. The Hall–Kier alpha value is -1.85. The van der Waals surface area contributed by atoms with Crippen molar-refractivity contribution in [1.82, 2.24) is 5.32 Å². The quantitative estimate of drug-likeness (QED) is 0.863. The monoisotopic (exact) mass is 289 g/mol. The zero-order valence-electron chi connectivity index (χ0n) is 12.2. The highest BCUT2D eigenvalue weighted by Crippen LogP contribution is 2.23. The Kier molecular flexibility index (Phi) is 4.22. The lowest BCUT2D eigenvalue weighted by molar-refractivity contribution is -0.900. The number of furan rings is 1. The summed E-state index contributed by atoms with van der Waals surface area (Å²) in [6.07, 6.45) is 0. The lowest BCUT2D eigenvalue weighted by atomic mass is 10.2. The Morgan fingerprint density at radius 1 is 1.33 bits per heavy atom. The molecule has 1 atom stereocenters. The van der Waals surface area contributed by atoms with Crippen molar-refractivity contribution in [3.63, 3.8) is 0 Å². The molecule has 1 aromatic carbocycles. The highest BCUT2D eigenvalue weighted by Gasteiger charge is 2.20. The minimum absolute atomic E-state index is 0.0554. The van der Waals surface area contributed by atoms with E-state index in [9.17, 15) is 4.79 Å². The number of ether oxygens (including phenoxy) is 1. The van der Waals surface area contributed by atoms with E-state index < -0.39 is 0 Å². The SMILES string of the molecule is C[C@H](NC(=O)C[NH+]1CCOCC1)c1cc2ccccc2o1. The van der Waals surface area contributed by atoms with Gasteiger partial charge < -0.3 is 19.4 Å². The van der Waals surface area contributed by atoms with Crippen molar-refractivity contribution in [1.29, 1.82) is 0 Å². The van der Waals surface area contributed by atoms with Crippen LogP contribution in [0.2, 0.25) is 0 Å². The molecule has 0 saturated carbocycles. The molecule has 0 radical (unpaired) electrons. The summed E-state index contributed by atoms with van der Waals surface area (Å²) in [4.78, 5) is 13.4. The fourth-order valence-corrected chi connectivity index (χ4v) is 2.64.